The van der Waals surface area contributed by atoms with Crippen LogP contribution in [0, 0.1) is 0 Å². The number of halogens is 2. The van der Waals surface area contributed by atoms with Crippen molar-refractivity contribution in [1.29, 1.82) is 0 Å². The van der Waals surface area contributed by atoms with Gasteiger partial charge in [0.1, 0.15) is 5.75 Å². The van der Waals surface area contributed by atoms with Crippen molar-refractivity contribution >= 4 is 50.0 Å². The fraction of sp³-hybridized carbons (Fsp3) is 0.176. The van der Waals surface area contributed by atoms with Gasteiger partial charge in [-0.05, 0) is 42.8 Å². The van der Waals surface area contributed by atoms with Crippen molar-refractivity contribution in [2.45, 2.75) is 12.8 Å². The van der Waals surface area contributed by atoms with Gasteiger partial charge in [0, 0.05) is 22.0 Å². The number of anilines is 1. The van der Waals surface area contributed by atoms with E-state index in [-0.39, 0.29) is 5.91 Å². The fourth-order valence-corrected chi connectivity index (χ4v) is 2.97. The molecule has 3 aromatic rings. The van der Waals surface area contributed by atoms with E-state index < -0.39 is 0 Å². The molecule has 0 radical (unpaired) electrons. The van der Waals surface area contributed by atoms with Gasteiger partial charge in [-0.15, -0.1) is 0 Å². The van der Waals surface area contributed by atoms with Gasteiger partial charge < -0.3 is 10.1 Å². The second kappa shape index (κ2) is 7.68. The lowest BCUT2D eigenvalue weighted by Gasteiger charge is -2.09. The minimum atomic E-state index is -0.0561. The number of hydrogen-bond donors (Lipinski definition) is 2. The number of nitrogens with one attached hydrogen (secondary N) is 2. The van der Waals surface area contributed by atoms with Crippen molar-refractivity contribution in [1.82, 2.24) is 10.2 Å². The summed E-state index contributed by atoms with van der Waals surface area (Å²) in [5.74, 6) is 0.560. The average molecular weight is 409 g/mol. The molecule has 0 aliphatic heterocycles. The van der Waals surface area contributed by atoms with Gasteiger partial charge in [0.05, 0.1) is 23.3 Å². The minimum Gasteiger partial charge on any atom is -0.492 e. The number of aromatic amines is 1. The molecule has 5 nitrogen and oxygen atoms in total. The molecule has 124 valence electrons. The third-order valence-electron chi connectivity index (χ3n) is 3.43. The van der Waals surface area contributed by atoms with Gasteiger partial charge in [-0.25, -0.2) is 0 Å². The van der Waals surface area contributed by atoms with Gasteiger partial charge >= 0.3 is 0 Å². The molecule has 2 aromatic carbocycles. The van der Waals surface area contributed by atoms with Crippen LogP contribution >= 0.6 is 27.5 Å². The largest absolute Gasteiger partial charge is 0.492 e. The quantitative estimate of drug-likeness (QED) is 0.577. The van der Waals surface area contributed by atoms with Crippen LogP contribution in [0.2, 0.25) is 5.02 Å². The Morgan fingerprint density at radius 1 is 1.29 bits per heavy atom. The maximum absolute atomic E-state index is 12.0. The number of rotatable bonds is 6. The van der Waals surface area contributed by atoms with Crippen molar-refractivity contribution in [3.8, 4) is 5.75 Å². The van der Waals surface area contributed by atoms with Gasteiger partial charge in [-0.3, -0.25) is 9.89 Å². The molecule has 1 heterocycles. The summed E-state index contributed by atoms with van der Waals surface area (Å²) in [6.07, 6.45) is 2.71. The fourth-order valence-electron chi connectivity index (χ4n) is 2.25. The lowest BCUT2D eigenvalue weighted by molar-refractivity contribution is -0.116. The first kappa shape index (κ1) is 16.8. The van der Waals surface area contributed by atoms with Crippen molar-refractivity contribution in [3.05, 3.63) is 52.1 Å². The topological polar surface area (TPSA) is 67.0 Å². The Hall–Kier alpha value is -2.05. The number of hydrogen-bond acceptors (Lipinski definition) is 3. The Morgan fingerprint density at radius 3 is 3.00 bits per heavy atom. The number of nitrogens with zero attached hydrogens (tertiary/aromatic N) is 1. The molecule has 24 heavy (non-hydrogen) atoms. The molecule has 0 saturated heterocycles. The predicted molar refractivity (Wildman–Crippen MR) is 98.6 cm³/mol. The van der Waals surface area contributed by atoms with Gasteiger partial charge in [-0.1, -0.05) is 27.5 Å². The number of benzene rings is 2. The number of H-pyrrole nitrogens is 1. The van der Waals surface area contributed by atoms with Crippen LogP contribution in [-0.2, 0) is 4.79 Å². The number of aromatic nitrogens is 2. The number of amides is 1. The molecule has 3 rings (SSSR count). The zero-order valence-electron chi connectivity index (χ0n) is 12.7. The molecule has 2 N–H and O–H groups in total. The van der Waals surface area contributed by atoms with E-state index >= 15 is 0 Å². The molecular formula is C17H15BrClN3O2. The summed E-state index contributed by atoms with van der Waals surface area (Å²) >= 11 is 9.42. The van der Waals surface area contributed by atoms with Crippen LogP contribution < -0.4 is 10.1 Å². The summed E-state index contributed by atoms with van der Waals surface area (Å²) in [5, 5.41) is 11.2. The number of fused-ring (bicyclic) bond motifs is 1. The molecule has 0 fully saturated rings. The van der Waals surface area contributed by atoms with Gasteiger partial charge in [0.15, 0.2) is 0 Å². The Kier molecular flexibility index (Phi) is 5.37. The van der Waals surface area contributed by atoms with Crippen LogP contribution in [0.4, 0.5) is 5.69 Å². The highest BCUT2D eigenvalue weighted by molar-refractivity contribution is 9.10. The molecule has 0 aliphatic carbocycles. The number of ether oxygens (including phenoxy) is 1. The van der Waals surface area contributed by atoms with Crippen LogP contribution in [0.3, 0.4) is 0 Å². The average Bonchev–Trinajstić information content (AvgIpc) is 3.01. The first-order valence-corrected chi connectivity index (χ1v) is 8.60. The predicted octanol–water partition coefficient (Wildman–Crippen LogP) is 4.78. The molecule has 0 spiro atoms. The Bertz CT molecular complexity index is 866. The maximum atomic E-state index is 12.0. The third kappa shape index (κ3) is 4.27. The molecule has 0 aliphatic rings. The second-order valence-electron chi connectivity index (χ2n) is 5.25. The summed E-state index contributed by atoms with van der Waals surface area (Å²) in [5.41, 5.74) is 1.63. The van der Waals surface area contributed by atoms with E-state index in [0.29, 0.717) is 30.2 Å². The summed E-state index contributed by atoms with van der Waals surface area (Å²) in [4.78, 5) is 12.0. The number of carbonyl (C=O) groups is 1. The SMILES string of the molecule is O=C(CCCOc1ccc(Br)cc1Cl)Nc1ccc2cn[nH]c2c1. The molecule has 0 bridgehead atoms. The second-order valence-corrected chi connectivity index (χ2v) is 6.57. The molecule has 0 saturated carbocycles. The maximum Gasteiger partial charge on any atom is 0.224 e. The molecule has 0 atom stereocenters. The zero-order chi connectivity index (χ0) is 16.9. The van der Waals surface area contributed by atoms with Crippen molar-refractivity contribution in [2.24, 2.45) is 0 Å². The van der Waals surface area contributed by atoms with Crippen molar-refractivity contribution in [2.75, 3.05) is 11.9 Å². The van der Waals surface area contributed by atoms with E-state index in [9.17, 15) is 4.79 Å². The first-order chi connectivity index (χ1) is 11.6. The van der Waals surface area contributed by atoms with Crippen LogP contribution in [0.1, 0.15) is 12.8 Å². The standard InChI is InChI=1S/C17H15BrClN3O2/c18-12-4-6-16(14(19)8-12)24-7-1-2-17(23)21-13-5-3-11-10-20-22-15(11)9-13/h3-6,8-10H,1-2,7H2,(H,20,22)(H,21,23). The van der Waals surface area contributed by atoms with E-state index in [1.165, 1.54) is 0 Å². The third-order valence-corrected chi connectivity index (χ3v) is 4.21. The monoisotopic (exact) mass is 407 g/mol. The first-order valence-electron chi connectivity index (χ1n) is 7.42. The van der Waals surface area contributed by atoms with Gasteiger partial charge in [0.2, 0.25) is 5.91 Å². The lowest BCUT2D eigenvalue weighted by atomic mass is 10.2. The van der Waals surface area contributed by atoms with E-state index in [2.05, 4.69) is 31.4 Å². The summed E-state index contributed by atoms with van der Waals surface area (Å²) < 4.78 is 6.49. The highest BCUT2D eigenvalue weighted by Gasteiger charge is 2.06. The van der Waals surface area contributed by atoms with E-state index in [0.717, 1.165) is 21.1 Å². The van der Waals surface area contributed by atoms with Gasteiger partial charge in [-0.2, -0.15) is 5.10 Å². The van der Waals surface area contributed by atoms with Crippen LogP contribution in [0.15, 0.2) is 47.1 Å². The van der Waals surface area contributed by atoms with Gasteiger partial charge in [0.25, 0.3) is 0 Å². The molecular weight excluding hydrogens is 394 g/mol. The molecule has 7 heteroatoms. The minimum absolute atomic E-state index is 0.0561. The van der Waals surface area contributed by atoms with Crippen LogP contribution in [-0.4, -0.2) is 22.7 Å². The van der Waals surface area contributed by atoms with Crippen molar-refractivity contribution in [3.63, 3.8) is 0 Å². The van der Waals surface area contributed by atoms with Crippen LogP contribution in [0.25, 0.3) is 10.9 Å². The highest BCUT2D eigenvalue weighted by atomic mass is 79.9. The normalized spacial score (nSPS) is 10.8. The molecule has 0 unspecified atom stereocenters. The lowest BCUT2D eigenvalue weighted by Crippen LogP contribution is -2.12. The van der Waals surface area contributed by atoms with Crippen molar-refractivity contribution < 1.29 is 9.53 Å². The summed E-state index contributed by atoms with van der Waals surface area (Å²) in [7, 11) is 0. The van der Waals surface area contributed by atoms with E-state index in [4.69, 9.17) is 16.3 Å². The Morgan fingerprint density at radius 2 is 2.17 bits per heavy atom. The zero-order valence-corrected chi connectivity index (χ0v) is 15.0. The smallest absolute Gasteiger partial charge is 0.224 e. The van der Waals surface area contributed by atoms with E-state index in [1.54, 1.807) is 18.3 Å². The number of carbonyl (C=O) groups excluding carboxylic acids is 1. The van der Waals surface area contributed by atoms with E-state index in [1.807, 2.05) is 24.3 Å². The van der Waals surface area contributed by atoms with Crippen LogP contribution in [0.5, 0.6) is 5.75 Å². The molecule has 1 amide bonds. The Balaban J connectivity index is 1.45. The Labute approximate surface area is 152 Å². The summed E-state index contributed by atoms with van der Waals surface area (Å²) in [6.45, 7) is 0.425. The molecule has 1 aromatic heterocycles. The summed E-state index contributed by atoms with van der Waals surface area (Å²) in [6, 6.07) is 11.1. The highest BCUT2D eigenvalue weighted by Crippen LogP contribution is 2.27.